The third-order valence-electron chi connectivity index (χ3n) is 2.10. The van der Waals surface area contributed by atoms with E-state index in [0.717, 1.165) is 12.5 Å². The normalized spacial score (nSPS) is 13.3. The summed E-state index contributed by atoms with van der Waals surface area (Å²) in [5.74, 6) is -0.538. The fourth-order valence-electron chi connectivity index (χ4n) is 0.709. The lowest BCUT2D eigenvalue weighted by molar-refractivity contribution is -0.143. The van der Waals surface area contributed by atoms with Crippen molar-refractivity contribution in [1.82, 2.24) is 0 Å². The maximum Gasteiger partial charge on any atom is 0.330 e. The highest BCUT2D eigenvalue weighted by molar-refractivity contribution is 5.81. The topological polar surface area (TPSA) is 55.8 Å². The zero-order chi connectivity index (χ0) is 11.9. The fourth-order valence-corrected chi connectivity index (χ4v) is 0.709. The highest BCUT2D eigenvalue weighted by atomic mass is 16.6. The number of carbonyl (C=O) groups excluding carboxylic acids is 1. The molecule has 0 rings (SSSR count). The van der Waals surface area contributed by atoms with Crippen LogP contribution in [0.4, 0.5) is 0 Å². The number of hydrogen-bond donors (Lipinski definition) is 1. The van der Waals surface area contributed by atoms with Gasteiger partial charge in [-0.3, -0.25) is 0 Å². The number of ether oxygens (including phenoxy) is 2. The molecule has 0 spiro atoms. The van der Waals surface area contributed by atoms with Crippen molar-refractivity contribution >= 4 is 5.97 Å². The van der Waals surface area contributed by atoms with E-state index < -0.39 is 12.1 Å². The first-order valence-corrected chi connectivity index (χ1v) is 5.02. The van der Waals surface area contributed by atoms with Crippen LogP contribution in [0, 0.1) is 0 Å². The van der Waals surface area contributed by atoms with Crippen LogP contribution in [-0.2, 0) is 14.3 Å². The van der Waals surface area contributed by atoms with Gasteiger partial charge < -0.3 is 14.6 Å². The van der Waals surface area contributed by atoms with Crippen molar-refractivity contribution in [1.29, 1.82) is 0 Å². The van der Waals surface area contributed by atoms with Gasteiger partial charge in [-0.1, -0.05) is 13.5 Å². The molecule has 4 nitrogen and oxygen atoms in total. The van der Waals surface area contributed by atoms with Gasteiger partial charge >= 0.3 is 5.97 Å². The summed E-state index contributed by atoms with van der Waals surface area (Å²) < 4.78 is 10.1. The molecule has 1 N–H and O–H groups in total. The van der Waals surface area contributed by atoms with Crippen LogP contribution in [-0.4, -0.2) is 36.0 Å². The molecule has 0 heterocycles. The lowest BCUT2D eigenvalue weighted by Crippen LogP contribution is -2.31. The predicted molar refractivity (Wildman–Crippen MR) is 57.5 cm³/mol. The van der Waals surface area contributed by atoms with Gasteiger partial charge in [0.2, 0.25) is 0 Å². The van der Waals surface area contributed by atoms with Crippen LogP contribution in [0.15, 0.2) is 12.7 Å². The molecule has 0 fully saturated rings. The SMILES string of the molecule is C=CC(=O)OCC(O)COC(C)(C)CC. The Kier molecular flexibility index (Phi) is 6.20. The lowest BCUT2D eigenvalue weighted by Gasteiger charge is -2.25. The molecule has 0 amide bonds. The second-order valence-electron chi connectivity index (χ2n) is 3.91. The van der Waals surface area contributed by atoms with E-state index in [-0.39, 0.29) is 18.8 Å². The molecule has 1 unspecified atom stereocenters. The molecule has 0 aliphatic rings. The molecule has 0 aromatic carbocycles. The highest BCUT2D eigenvalue weighted by Crippen LogP contribution is 2.13. The quantitative estimate of drug-likeness (QED) is 0.514. The average molecular weight is 216 g/mol. The van der Waals surface area contributed by atoms with Crippen molar-refractivity contribution in [3.63, 3.8) is 0 Å². The smallest absolute Gasteiger partial charge is 0.330 e. The number of hydrogen-bond acceptors (Lipinski definition) is 4. The molecule has 0 bridgehead atoms. The maximum absolute atomic E-state index is 10.7. The Morgan fingerprint density at radius 1 is 1.53 bits per heavy atom. The first-order chi connectivity index (χ1) is 6.91. The number of carbonyl (C=O) groups is 1. The van der Waals surface area contributed by atoms with Crippen LogP contribution in [0.25, 0.3) is 0 Å². The van der Waals surface area contributed by atoms with E-state index in [4.69, 9.17) is 4.74 Å². The van der Waals surface area contributed by atoms with Gasteiger partial charge in [-0.05, 0) is 20.3 Å². The minimum absolute atomic E-state index is 0.0648. The van der Waals surface area contributed by atoms with Crippen molar-refractivity contribution in [3.05, 3.63) is 12.7 Å². The molecule has 0 aromatic rings. The van der Waals surface area contributed by atoms with E-state index in [9.17, 15) is 9.90 Å². The van der Waals surface area contributed by atoms with E-state index in [2.05, 4.69) is 11.3 Å². The van der Waals surface area contributed by atoms with E-state index >= 15 is 0 Å². The van der Waals surface area contributed by atoms with Crippen molar-refractivity contribution in [3.8, 4) is 0 Å². The molecule has 0 saturated heterocycles. The monoisotopic (exact) mass is 216 g/mol. The Morgan fingerprint density at radius 2 is 2.13 bits per heavy atom. The molecular formula is C11H20O4. The van der Waals surface area contributed by atoms with Gasteiger partial charge in [0.25, 0.3) is 0 Å². The van der Waals surface area contributed by atoms with E-state index in [0.29, 0.717) is 0 Å². The van der Waals surface area contributed by atoms with Crippen molar-refractivity contribution < 1.29 is 19.4 Å². The summed E-state index contributed by atoms with van der Waals surface area (Å²) in [6.07, 6.45) is 1.12. The van der Waals surface area contributed by atoms with E-state index in [1.54, 1.807) is 0 Å². The molecule has 0 aliphatic carbocycles. The fraction of sp³-hybridized carbons (Fsp3) is 0.727. The lowest BCUT2D eigenvalue weighted by atomic mass is 10.1. The number of aliphatic hydroxyl groups is 1. The Labute approximate surface area is 90.9 Å². The van der Waals surface area contributed by atoms with Crippen LogP contribution >= 0.6 is 0 Å². The zero-order valence-corrected chi connectivity index (χ0v) is 9.66. The first kappa shape index (κ1) is 14.1. The molecule has 0 aromatic heterocycles. The molecule has 0 radical (unpaired) electrons. The average Bonchev–Trinajstić information content (AvgIpc) is 2.23. The van der Waals surface area contributed by atoms with Crippen LogP contribution in [0.2, 0.25) is 0 Å². The van der Waals surface area contributed by atoms with Gasteiger partial charge in [-0.2, -0.15) is 0 Å². The number of esters is 1. The molecular weight excluding hydrogens is 196 g/mol. The Bertz CT molecular complexity index is 211. The van der Waals surface area contributed by atoms with Crippen LogP contribution in [0.5, 0.6) is 0 Å². The standard InChI is InChI=1S/C11H20O4/c1-5-10(13)14-7-9(12)8-15-11(3,4)6-2/h5,9,12H,1,6-8H2,2-4H3. The van der Waals surface area contributed by atoms with Gasteiger partial charge in [-0.15, -0.1) is 0 Å². The summed E-state index contributed by atoms with van der Waals surface area (Å²) in [5, 5.41) is 9.42. The van der Waals surface area contributed by atoms with Gasteiger partial charge in [-0.25, -0.2) is 4.79 Å². The third-order valence-corrected chi connectivity index (χ3v) is 2.10. The number of aliphatic hydroxyl groups excluding tert-OH is 1. The van der Waals surface area contributed by atoms with Gasteiger partial charge in [0, 0.05) is 6.08 Å². The summed E-state index contributed by atoms with van der Waals surface area (Å²) >= 11 is 0. The zero-order valence-electron chi connectivity index (χ0n) is 9.66. The van der Waals surface area contributed by atoms with Crippen molar-refractivity contribution in [2.75, 3.05) is 13.2 Å². The van der Waals surface area contributed by atoms with Crippen LogP contribution < -0.4 is 0 Å². The minimum Gasteiger partial charge on any atom is -0.460 e. The van der Waals surface area contributed by atoms with E-state index in [1.165, 1.54) is 0 Å². The molecule has 4 heteroatoms. The minimum atomic E-state index is -0.792. The summed E-state index contributed by atoms with van der Waals surface area (Å²) in [5.41, 5.74) is -0.260. The Hall–Kier alpha value is -0.870. The largest absolute Gasteiger partial charge is 0.460 e. The highest BCUT2D eigenvalue weighted by Gasteiger charge is 2.17. The second-order valence-corrected chi connectivity index (χ2v) is 3.91. The van der Waals surface area contributed by atoms with Crippen LogP contribution in [0.3, 0.4) is 0 Å². The van der Waals surface area contributed by atoms with Crippen molar-refractivity contribution in [2.24, 2.45) is 0 Å². The Morgan fingerprint density at radius 3 is 2.60 bits per heavy atom. The molecule has 0 saturated carbocycles. The molecule has 88 valence electrons. The second kappa shape index (κ2) is 6.58. The summed E-state index contributed by atoms with van der Waals surface area (Å²) in [4.78, 5) is 10.7. The Balaban J connectivity index is 3.70. The maximum atomic E-state index is 10.7. The van der Waals surface area contributed by atoms with Gasteiger partial charge in [0.05, 0.1) is 12.2 Å². The molecule has 15 heavy (non-hydrogen) atoms. The molecule has 0 aliphatic heterocycles. The molecule has 1 atom stereocenters. The van der Waals surface area contributed by atoms with E-state index in [1.807, 2.05) is 20.8 Å². The third kappa shape index (κ3) is 7.11. The summed E-state index contributed by atoms with van der Waals surface area (Å²) in [6, 6.07) is 0. The van der Waals surface area contributed by atoms with Gasteiger partial charge in [0.15, 0.2) is 0 Å². The van der Waals surface area contributed by atoms with Crippen molar-refractivity contribution in [2.45, 2.75) is 38.9 Å². The van der Waals surface area contributed by atoms with Crippen LogP contribution in [0.1, 0.15) is 27.2 Å². The summed E-state index contributed by atoms with van der Waals surface area (Å²) in [7, 11) is 0. The first-order valence-electron chi connectivity index (χ1n) is 5.02. The predicted octanol–water partition coefficient (Wildman–Crippen LogP) is 1.28. The summed E-state index contributed by atoms with van der Waals surface area (Å²) in [6.45, 7) is 9.23. The number of rotatable bonds is 7. The van der Waals surface area contributed by atoms with Gasteiger partial charge in [0.1, 0.15) is 12.7 Å².